The van der Waals surface area contributed by atoms with Gasteiger partial charge in [-0.1, -0.05) is 30.3 Å². The Labute approximate surface area is 179 Å². The fourth-order valence-corrected chi connectivity index (χ4v) is 4.88. The second-order valence-electron chi connectivity index (χ2n) is 7.21. The first-order valence-corrected chi connectivity index (χ1v) is 11.2. The van der Waals surface area contributed by atoms with Crippen LogP contribution in [-0.2, 0) is 27.6 Å². The number of methoxy groups -OCH3 is 1. The number of nitrogens with one attached hydrogen (secondary N) is 1. The quantitative estimate of drug-likeness (QED) is 0.629. The molecule has 1 heterocycles. The van der Waals surface area contributed by atoms with Crippen LogP contribution in [0.5, 0.6) is 5.75 Å². The zero-order chi connectivity index (χ0) is 22.0. The van der Waals surface area contributed by atoms with Crippen LogP contribution in [0.15, 0.2) is 75.4 Å². The molecule has 3 aromatic rings. The third kappa shape index (κ3) is 4.22. The molecule has 0 radical (unpaired) electrons. The number of rotatable bonds is 6. The third-order valence-electron chi connectivity index (χ3n) is 5.23. The van der Waals surface area contributed by atoms with E-state index in [4.69, 9.17) is 4.74 Å². The molecule has 4 rings (SSSR count). The van der Waals surface area contributed by atoms with E-state index in [9.17, 15) is 18.0 Å². The Kier molecular flexibility index (Phi) is 5.60. The first-order valence-electron chi connectivity index (χ1n) is 9.73. The van der Waals surface area contributed by atoms with E-state index in [1.54, 1.807) is 12.1 Å². The van der Waals surface area contributed by atoms with Crippen LogP contribution in [-0.4, -0.2) is 31.2 Å². The summed E-state index contributed by atoms with van der Waals surface area (Å²) in [7, 11) is -2.56. The number of hydrogen-bond acceptors (Lipinski definition) is 6. The van der Waals surface area contributed by atoms with Gasteiger partial charge >= 0.3 is 0 Å². The molecular formula is C22H21N3O5S. The summed E-state index contributed by atoms with van der Waals surface area (Å²) in [5, 5.41) is 6.54. The van der Waals surface area contributed by atoms with E-state index < -0.39 is 21.3 Å². The van der Waals surface area contributed by atoms with Crippen molar-refractivity contribution in [1.82, 2.24) is 15.1 Å². The molecule has 1 aliphatic carbocycles. The van der Waals surface area contributed by atoms with Crippen molar-refractivity contribution in [2.24, 2.45) is 0 Å². The number of nitrogens with zero attached hydrogens (tertiary/aromatic N) is 2. The normalized spacial score (nSPS) is 15.3. The molecule has 1 N–H and O–H groups in total. The summed E-state index contributed by atoms with van der Waals surface area (Å²) in [5.74, 6) is -0.0298. The third-order valence-corrected chi connectivity index (χ3v) is 6.87. The van der Waals surface area contributed by atoms with Crippen LogP contribution in [0.3, 0.4) is 0 Å². The number of sulfone groups is 1. The predicted molar refractivity (Wildman–Crippen MR) is 113 cm³/mol. The van der Waals surface area contributed by atoms with Gasteiger partial charge in [-0.05, 0) is 48.2 Å². The number of fused-ring (bicyclic) bond motifs is 1. The Bertz CT molecular complexity index is 1300. The Morgan fingerprint density at radius 3 is 2.77 bits per heavy atom. The number of ether oxygens (including phenoxy) is 1. The number of aromatic nitrogens is 2. The summed E-state index contributed by atoms with van der Waals surface area (Å²) in [5.41, 5.74) is 1.69. The van der Waals surface area contributed by atoms with Crippen molar-refractivity contribution in [3.05, 3.63) is 82.1 Å². The van der Waals surface area contributed by atoms with Crippen LogP contribution in [0.2, 0.25) is 0 Å². The fourth-order valence-electron chi connectivity index (χ4n) is 3.66. The van der Waals surface area contributed by atoms with Gasteiger partial charge < -0.3 is 10.1 Å². The average molecular weight is 439 g/mol. The molecule has 0 spiro atoms. The van der Waals surface area contributed by atoms with Crippen LogP contribution < -0.4 is 15.6 Å². The van der Waals surface area contributed by atoms with Gasteiger partial charge in [-0.25, -0.2) is 13.1 Å². The molecule has 0 fully saturated rings. The van der Waals surface area contributed by atoms with Crippen LogP contribution >= 0.6 is 0 Å². The maximum atomic E-state index is 12.9. The van der Waals surface area contributed by atoms with Crippen molar-refractivity contribution < 1.29 is 17.9 Å². The molecule has 160 valence electrons. The zero-order valence-corrected chi connectivity index (χ0v) is 17.6. The van der Waals surface area contributed by atoms with Crippen LogP contribution in [0.1, 0.15) is 23.6 Å². The van der Waals surface area contributed by atoms with Gasteiger partial charge in [-0.15, -0.1) is 0 Å². The summed E-state index contributed by atoms with van der Waals surface area (Å²) < 4.78 is 31.8. The first-order chi connectivity index (χ1) is 14.9. The second-order valence-corrected chi connectivity index (χ2v) is 9.10. The van der Waals surface area contributed by atoms with Crippen molar-refractivity contribution >= 4 is 15.7 Å². The molecule has 0 aliphatic heterocycles. The molecule has 8 nitrogen and oxygen atoms in total. The van der Waals surface area contributed by atoms with Gasteiger partial charge in [-0.2, -0.15) is 5.10 Å². The van der Waals surface area contributed by atoms with Gasteiger partial charge in [-0.3, -0.25) is 9.59 Å². The van der Waals surface area contributed by atoms with Crippen molar-refractivity contribution in [3.63, 3.8) is 0 Å². The minimum Gasteiger partial charge on any atom is -0.497 e. The fraction of sp³-hybridized carbons (Fsp3) is 0.227. The lowest BCUT2D eigenvalue weighted by atomic mass is 10.1. The van der Waals surface area contributed by atoms with Crippen molar-refractivity contribution in [2.45, 2.75) is 35.3 Å². The second kappa shape index (κ2) is 8.35. The summed E-state index contributed by atoms with van der Waals surface area (Å²) in [6.07, 6.45) is 1.64. The van der Waals surface area contributed by atoms with Gasteiger partial charge in [0.15, 0.2) is 5.03 Å². The van der Waals surface area contributed by atoms with Gasteiger partial charge in [0.05, 0.1) is 18.0 Å². The lowest BCUT2D eigenvalue weighted by Crippen LogP contribution is -2.35. The van der Waals surface area contributed by atoms with E-state index in [0.29, 0.717) is 5.75 Å². The summed E-state index contributed by atoms with van der Waals surface area (Å²) in [4.78, 5) is 24.8. The number of aryl methyl sites for hydroxylation is 1. The van der Waals surface area contributed by atoms with Crippen molar-refractivity contribution in [2.75, 3.05) is 7.11 Å². The minimum absolute atomic E-state index is 0.0171. The summed E-state index contributed by atoms with van der Waals surface area (Å²) in [6.45, 7) is -0.376. The zero-order valence-electron chi connectivity index (χ0n) is 16.8. The maximum absolute atomic E-state index is 12.9. The molecular weight excluding hydrogens is 418 g/mol. The number of carbonyl (C=O) groups excluding carboxylic acids is 1. The van der Waals surface area contributed by atoms with E-state index in [1.165, 1.54) is 24.8 Å². The van der Waals surface area contributed by atoms with Gasteiger partial charge in [0, 0.05) is 6.07 Å². The molecule has 1 amide bonds. The standard InChI is InChI=1S/C22H21N3O5S/c1-30-16-6-4-7-17(13-16)31(28,29)21-11-12-22(27)25(24-21)14-20(26)23-19-10-9-15-5-2-3-8-18(15)19/h2-8,11-13,19H,9-10,14H2,1H3,(H,23,26)/t19-/m0/s1. The molecule has 1 atom stereocenters. The average Bonchev–Trinajstić information content (AvgIpc) is 3.18. The van der Waals surface area contributed by atoms with Crippen LogP contribution in [0, 0.1) is 0 Å². The Morgan fingerprint density at radius 1 is 1.16 bits per heavy atom. The number of amides is 1. The van der Waals surface area contributed by atoms with E-state index in [1.807, 2.05) is 24.3 Å². The highest BCUT2D eigenvalue weighted by atomic mass is 32.2. The monoisotopic (exact) mass is 439 g/mol. The van der Waals surface area contributed by atoms with Crippen molar-refractivity contribution in [3.8, 4) is 5.75 Å². The molecule has 1 aromatic heterocycles. The predicted octanol–water partition coefficient (Wildman–Crippen LogP) is 1.89. The molecule has 9 heteroatoms. The highest BCUT2D eigenvalue weighted by molar-refractivity contribution is 7.91. The Morgan fingerprint density at radius 2 is 1.97 bits per heavy atom. The van der Waals surface area contributed by atoms with Crippen LogP contribution in [0.25, 0.3) is 0 Å². The highest BCUT2D eigenvalue weighted by Gasteiger charge is 2.25. The lowest BCUT2D eigenvalue weighted by molar-refractivity contribution is -0.122. The smallest absolute Gasteiger partial charge is 0.267 e. The number of hydrogen-bond donors (Lipinski definition) is 1. The lowest BCUT2D eigenvalue weighted by Gasteiger charge is -2.14. The molecule has 31 heavy (non-hydrogen) atoms. The van der Waals surface area contributed by atoms with E-state index in [2.05, 4.69) is 10.4 Å². The summed E-state index contributed by atoms with van der Waals surface area (Å²) in [6, 6.07) is 15.9. The SMILES string of the molecule is COc1cccc(S(=O)(=O)c2ccc(=O)n(CC(=O)N[C@H]3CCc4ccccc43)n2)c1. The molecule has 0 saturated heterocycles. The van der Waals surface area contributed by atoms with E-state index in [0.717, 1.165) is 35.2 Å². The number of benzene rings is 2. The van der Waals surface area contributed by atoms with Gasteiger partial charge in [0.25, 0.3) is 5.56 Å². The molecule has 0 bridgehead atoms. The highest BCUT2D eigenvalue weighted by Crippen LogP contribution is 2.30. The van der Waals surface area contributed by atoms with Crippen LogP contribution in [0.4, 0.5) is 0 Å². The molecule has 2 aromatic carbocycles. The molecule has 0 unspecified atom stereocenters. The largest absolute Gasteiger partial charge is 0.497 e. The summed E-state index contributed by atoms with van der Waals surface area (Å²) >= 11 is 0. The number of carbonyl (C=O) groups is 1. The van der Waals surface area contributed by atoms with Gasteiger partial charge in [0.1, 0.15) is 12.3 Å². The minimum atomic E-state index is -3.99. The van der Waals surface area contributed by atoms with E-state index in [-0.39, 0.29) is 22.5 Å². The Balaban J connectivity index is 1.55. The van der Waals surface area contributed by atoms with Gasteiger partial charge in [0.2, 0.25) is 15.7 Å². The maximum Gasteiger partial charge on any atom is 0.267 e. The van der Waals surface area contributed by atoms with E-state index >= 15 is 0 Å². The first kappa shape index (κ1) is 20.8. The molecule has 1 aliphatic rings. The Hall–Kier alpha value is -3.46. The topological polar surface area (TPSA) is 107 Å². The van der Waals surface area contributed by atoms with Crippen molar-refractivity contribution in [1.29, 1.82) is 0 Å². The molecule has 0 saturated carbocycles.